The molecule has 1 N–H and O–H groups in total. The van der Waals surface area contributed by atoms with Gasteiger partial charge >= 0.3 is 0 Å². The van der Waals surface area contributed by atoms with E-state index in [9.17, 15) is 5.26 Å². The Bertz CT molecular complexity index is 716. The summed E-state index contributed by atoms with van der Waals surface area (Å²) < 4.78 is 0. The van der Waals surface area contributed by atoms with Crippen molar-refractivity contribution in [2.24, 2.45) is 10.9 Å². The van der Waals surface area contributed by atoms with Crippen molar-refractivity contribution in [3.05, 3.63) is 46.6 Å². The van der Waals surface area contributed by atoms with Gasteiger partial charge in [0.25, 0.3) is 0 Å². The lowest BCUT2D eigenvalue weighted by Gasteiger charge is -2.27. The summed E-state index contributed by atoms with van der Waals surface area (Å²) in [5.74, 6) is 0.211. The van der Waals surface area contributed by atoms with Crippen molar-refractivity contribution < 1.29 is 0 Å². The molecule has 6 heteroatoms. The Kier molecular flexibility index (Phi) is 3.60. The van der Waals surface area contributed by atoms with E-state index in [2.05, 4.69) is 37.2 Å². The van der Waals surface area contributed by atoms with Crippen LogP contribution in [-0.4, -0.2) is 21.2 Å². The third-order valence-corrected chi connectivity index (χ3v) is 4.37. The summed E-state index contributed by atoms with van der Waals surface area (Å²) in [6.07, 6.45) is 1.72. The van der Waals surface area contributed by atoms with Gasteiger partial charge in [0.1, 0.15) is 0 Å². The van der Waals surface area contributed by atoms with Gasteiger partial charge in [-0.3, -0.25) is 5.10 Å². The zero-order valence-electron chi connectivity index (χ0n) is 10.3. The second-order valence-corrected chi connectivity index (χ2v) is 5.48. The molecule has 2 unspecified atom stereocenters. The molecule has 4 nitrogen and oxygen atoms in total. The topological polar surface area (TPSA) is 64.8 Å². The number of aliphatic imine (C=N–C) groups is 1. The minimum absolute atomic E-state index is 0.146. The number of rotatable bonds is 2. The largest absolute Gasteiger partial charge is 0.261 e. The average Bonchev–Trinajstić information content (AvgIpc) is 2.94. The number of H-pyrrole nitrogens is 1. The van der Waals surface area contributed by atoms with E-state index in [1.54, 1.807) is 6.20 Å². The second kappa shape index (κ2) is 5.39. The van der Waals surface area contributed by atoms with E-state index in [1.807, 2.05) is 24.3 Å². The van der Waals surface area contributed by atoms with Gasteiger partial charge in [0.2, 0.25) is 0 Å². The number of benzene rings is 1. The molecule has 20 heavy (non-hydrogen) atoms. The van der Waals surface area contributed by atoms with Gasteiger partial charge in [0.05, 0.1) is 18.2 Å². The SMILES string of the molecule is N#CC1C(CBr)=Nc2[nH]ncc2C1c1ccccc1Cl. The lowest BCUT2D eigenvalue weighted by molar-refractivity contribution is 0.717. The van der Waals surface area contributed by atoms with Crippen LogP contribution >= 0.6 is 27.5 Å². The van der Waals surface area contributed by atoms with E-state index >= 15 is 0 Å². The summed E-state index contributed by atoms with van der Waals surface area (Å²) >= 11 is 9.71. The summed E-state index contributed by atoms with van der Waals surface area (Å²) in [6.45, 7) is 0. The molecule has 0 aliphatic carbocycles. The highest BCUT2D eigenvalue weighted by Crippen LogP contribution is 2.43. The summed E-state index contributed by atoms with van der Waals surface area (Å²) in [5, 5.41) is 17.7. The quantitative estimate of drug-likeness (QED) is 0.838. The molecule has 0 saturated heterocycles. The molecule has 0 spiro atoms. The van der Waals surface area contributed by atoms with Crippen LogP contribution in [0.4, 0.5) is 5.82 Å². The third kappa shape index (κ3) is 2.05. The van der Waals surface area contributed by atoms with E-state index in [0.717, 1.165) is 16.8 Å². The summed E-state index contributed by atoms with van der Waals surface area (Å²) in [7, 11) is 0. The Hall–Kier alpha value is -1.64. The number of nitriles is 1. The number of hydrogen-bond donors (Lipinski definition) is 1. The van der Waals surface area contributed by atoms with E-state index in [4.69, 9.17) is 11.6 Å². The van der Waals surface area contributed by atoms with Crippen molar-refractivity contribution in [3.63, 3.8) is 0 Å². The molecule has 1 aromatic heterocycles. The first-order valence-corrected chi connectivity index (χ1v) is 7.57. The summed E-state index contributed by atoms with van der Waals surface area (Å²) in [6, 6.07) is 9.94. The fourth-order valence-electron chi connectivity index (χ4n) is 2.53. The average molecular weight is 350 g/mol. The molecule has 0 bridgehead atoms. The Morgan fingerprint density at radius 3 is 2.85 bits per heavy atom. The van der Waals surface area contributed by atoms with Gasteiger partial charge in [-0.1, -0.05) is 45.7 Å². The minimum Gasteiger partial charge on any atom is -0.261 e. The number of aromatic nitrogens is 2. The van der Waals surface area contributed by atoms with Gasteiger partial charge < -0.3 is 0 Å². The van der Waals surface area contributed by atoms with Crippen LogP contribution in [-0.2, 0) is 0 Å². The van der Waals surface area contributed by atoms with Gasteiger partial charge in [-0.15, -0.1) is 0 Å². The van der Waals surface area contributed by atoms with Gasteiger partial charge in [-0.25, -0.2) is 4.99 Å². The number of halogens is 2. The van der Waals surface area contributed by atoms with Gasteiger partial charge in [0, 0.05) is 27.5 Å². The number of aromatic amines is 1. The Morgan fingerprint density at radius 1 is 1.35 bits per heavy atom. The molecule has 1 aliphatic heterocycles. The molecule has 0 radical (unpaired) electrons. The molecule has 100 valence electrons. The highest BCUT2D eigenvalue weighted by atomic mass is 79.9. The second-order valence-electron chi connectivity index (χ2n) is 4.52. The summed E-state index contributed by atoms with van der Waals surface area (Å²) in [5.41, 5.74) is 2.63. The third-order valence-electron chi connectivity index (χ3n) is 3.45. The smallest absolute Gasteiger partial charge is 0.151 e. The first kappa shape index (κ1) is 13.3. The zero-order chi connectivity index (χ0) is 14.1. The molecule has 0 saturated carbocycles. The normalized spacial score (nSPS) is 20.9. The van der Waals surface area contributed by atoms with Crippen LogP contribution in [0.5, 0.6) is 0 Å². The van der Waals surface area contributed by atoms with E-state index in [1.165, 1.54) is 0 Å². The number of hydrogen-bond acceptors (Lipinski definition) is 3. The molecule has 0 amide bonds. The highest BCUT2D eigenvalue weighted by molar-refractivity contribution is 9.09. The zero-order valence-corrected chi connectivity index (χ0v) is 12.7. The lowest BCUT2D eigenvalue weighted by Crippen LogP contribution is -2.26. The molecule has 1 aliphatic rings. The maximum absolute atomic E-state index is 9.55. The molecule has 1 aromatic carbocycles. The number of nitrogens with one attached hydrogen (secondary N) is 1. The van der Waals surface area contributed by atoms with Crippen LogP contribution in [0.2, 0.25) is 5.02 Å². The molecule has 2 atom stereocenters. The van der Waals surface area contributed by atoms with Crippen molar-refractivity contribution in [3.8, 4) is 6.07 Å². The van der Waals surface area contributed by atoms with Gasteiger partial charge in [-0.05, 0) is 11.6 Å². The van der Waals surface area contributed by atoms with Crippen molar-refractivity contribution in [2.75, 3.05) is 5.33 Å². The van der Waals surface area contributed by atoms with Crippen molar-refractivity contribution in [2.45, 2.75) is 5.92 Å². The van der Waals surface area contributed by atoms with Gasteiger partial charge in [0.15, 0.2) is 5.82 Å². The highest BCUT2D eigenvalue weighted by Gasteiger charge is 2.36. The Balaban J connectivity index is 2.21. The molecule has 0 fully saturated rings. The number of fused-ring (bicyclic) bond motifs is 1. The van der Waals surface area contributed by atoms with Crippen molar-refractivity contribution in [1.82, 2.24) is 10.2 Å². The number of nitrogens with zero attached hydrogens (tertiary/aromatic N) is 3. The first-order chi connectivity index (χ1) is 9.76. The molecular formula is C14H10BrClN4. The Morgan fingerprint density at radius 2 is 2.15 bits per heavy atom. The molecule has 3 rings (SSSR count). The predicted molar refractivity (Wildman–Crippen MR) is 81.9 cm³/mol. The van der Waals surface area contributed by atoms with Crippen LogP contribution in [0.25, 0.3) is 0 Å². The van der Waals surface area contributed by atoms with Crippen LogP contribution < -0.4 is 0 Å². The number of alkyl halides is 1. The molecule has 2 heterocycles. The van der Waals surface area contributed by atoms with E-state index in [0.29, 0.717) is 16.2 Å². The maximum Gasteiger partial charge on any atom is 0.151 e. The predicted octanol–water partition coefficient (Wildman–Crippen LogP) is 3.82. The maximum atomic E-state index is 9.55. The van der Waals surface area contributed by atoms with Crippen LogP contribution in [0.3, 0.4) is 0 Å². The first-order valence-electron chi connectivity index (χ1n) is 6.07. The fourth-order valence-corrected chi connectivity index (χ4v) is 3.25. The molecular weight excluding hydrogens is 340 g/mol. The van der Waals surface area contributed by atoms with Crippen LogP contribution in [0, 0.1) is 17.2 Å². The van der Waals surface area contributed by atoms with Gasteiger partial charge in [-0.2, -0.15) is 10.4 Å². The Labute approximate surface area is 129 Å². The lowest BCUT2D eigenvalue weighted by atomic mass is 9.78. The minimum atomic E-state index is -0.348. The monoisotopic (exact) mass is 348 g/mol. The summed E-state index contributed by atoms with van der Waals surface area (Å²) in [4.78, 5) is 4.47. The standard InChI is InChI=1S/C14H10BrClN4/c15-5-12-9(6-17)13(8-3-1-2-4-11(8)16)10-7-18-20-14(10)19-12/h1-4,7,9,13H,5H2,(H,18,20). The van der Waals surface area contributed by atoms with Crippen molar-refractivity contribution >= 4 is 39.1 Å². The van der Waals surface area contributed by atoms with E-state index in [-0.39, 0.29) is 11.8 Å². The van der Waals surface area contributed by atoms with Crippen LogP contribution in [0.15, 0.2) is 35.5 Å². The van der Waals surface area contributed by atoms with Crippen LogP contribution in [0.1, 0.15) is 17.0 Å². The van der Waals surface area contributed by atoms with E-state index < -0.39 is 0 Å². The fraction of sp³-hybridized carbons (Fsp3) is 0.214. The van der Waals surface area contributed by atoms with Crippen molar-refractivity contribution in [1.29, 1.82) is 5.26 Å². The molecule has 2 aromatic rings.